The van der Waals surface area contributed by atoms with Crippen molar-refractivity contribution in [2.24, 2.45) is 0 Å². The highest BCUT2D eigenvalue weighted by molar-refractivity contribution is 7.99. The van der Waals surface area contributed by atoms with Crippen molar-refractivity contribution in [2.75, 3.05) is 23.2 Å². The van der Waals surface area contributed by atoms with Crippen LogP contribution in [0.5, 0.6) is 5.75 Å². The molecule has 0 spiro atoms. The Kier molecular flexibility index (Phi) is 6.43. The van der Waals surface area contributed by atoms with Crippen LogP contribution in [0.3, 0.4) is 0 Å². The number of hydrogen-bond acceptors (Lipinski definition) is 6. The number of sulfonamides is 1. The molecule has 1 heterocycles. The lowest BCUT2D eigenvalue weighted by Gasteiger charge is -2.15. The summed E-state index contributed by atoms with van der Waals surface area (Å²) in [6.07, 6.45) is 8.93. The number of hydrogen-bond donors (Lipinski definition) is 2. The maximum absolute atomic E-state index is 12.6. The number of nitrogens with zero attached hydrogens (tertiary/aromatic N) is 1. The molecule has 8 heteroatoms. The average Bonchev–Trinajstić information content (AvgIpc) is 2.65. The van der Waals surface area contributed by atoms with E-state index in [4.69, 9.17) is 17.0 Å². The van der Waals surface area contributed by atoms with E-state index in [-0.39, 0.29) is 4.91 Å². The summed E-state index contributed by atoms with van der Waals surface area (Å²) in [6, 6.07) is 9.02. The summed E-state index contributed by atoms with van der Waals surface area (Å²) in [6.45, 7) is 2.91. The van der Waals surface area contributed by atoms with E-state index in [0.29, 0.717) is 35.9 Å². The SMILES string of the molecule is Cc1cc(NS(=O)(=O)C2=CC=CCC2=S)cc(OCCNc2ccncc2)c1. The van der Waals surface area contributed by atoms with Crippen molar-refractivity contribution in [2.45, 2.75) is 13.3 Å². The summed E-state index contributed by atoms with van der Waals surface area (Å²) in [7, 11) is -3.74. The minimum atomic E-state index is -3.74. The van der Waals surface area contributed by atoms with E-state index in [1.807, 2.05) is 31.2 Å². The molecule has 0 saturated carbocycles. The molecule has 146 valence electrons. The van der Waals surface area contributed by atoms with Gasteiger partial charge in [-0.15, -0.1) is 0 Å². The number of allylic oxidation sites excluding steroid dienone is 4. The highest BCUT2D eigenvalue weighted by Gasteiger charge is 2.22. The monoisotopic (exact) mass is 415 g/mol. The number of pyridine rings is 1. The smallest absolute Gasteiger partial charge is 0.263 e. The first-order valence-electron chi connectivity index (χ1n) is 8.75. The quantitative estimate of drug-likeness (QED) is 0.504. The molecule has 0 atom stereocenters. The number of thiocarbonyl (C=S) groups is 1. The van der Waals surface area contributed by atoms with Gasteiger partial charge in [-0.3, -0.25) is 9.71 Å². The number of aryl methyl sites for hydroxylation is 1. The second-order valence-corrected chi connectivity index (χ2v) is 8.38. The number of nitrogens with one attached hydrogen (secondary N) is 2. The van der Waals surface area contributed by atoms with E-state index in [1.165, 1.54) is 6.08 Å². The van der Waals surface area contributed by atoms with Crippen LogP contribution >= 0.6 is 12.2 Å². The zero-order chi connectivity index (χ0) is 20.0. The fourth-order valence-electron chi connectivity index (χ4n) is 2.70. The molecule has 0 radical (unpaired) electrons. The van der Waals surface area contributed by atoms with Gasteiger partial charge in [-0.05, 0) is 42.8 Å². The Balaban J connectivity index is 1.63. The minimum absolute atomic E-state index is 0.135. The summed E-state index contributed by atoms with van der Waals surface area (Å²) in [5.74, 6) is 0.592. The van der Waals surface area contributed by atoms with Crippen LogP contribution in [0.15, 0.2) is 65.9 Å². The van der Waals surface area contributed by atoms with E-state index in [2.05, 4.69) is 15.0 Å². The lowest BCUT2D eigenvalue weighted by atomic mass is 10.2. The molecule has 0 amide bonds. The highest BCUT2D eigenvalue weighted by Crippen LogP contribution is 2.25. The van der Waals surface area contributed by atoms with Gasteiger partial charge in [0.2, 0.25) is 0 Å². The number of benzene rings is 1. The topological polar surface area (TPSA) is 80.3 Å². The van der Waals surface area contributed by atoms with E-state index >= 15 is 0 Å². The lowest BCUT2D eigenvalue weighted by molar-refractivity contribution is 0.333. The van der Waals surface area contributed by atoms with Crippen molar-refractivity contribution in [1.82, 2.24) is 4.98 Å². The molecule has 28 heavy (non-hydrogen) atoms. The zero-order valence-electron chi connectivity index (χ0n) is 15.4. The Morgan fingerprint density at radius 2 is 1.96 bits per heavy atom. The van der Waals surface area contributed by atoms with Crippen molar-refractivity contribution in [3.63, 3.8) is 0 Å². The van der Waals surface area contributed by atoms with Gasteiger partial charge in [-0.1, -0.05) is 24.4 Å². The van der Waals surface area contributed by atoms with Crippen molar-refractivity contribution in [3.8, 4) is 5.75 Å². The van der Waals surface area contributed by atoms with Crippen LogP contribution in [0.2, 0.25) is 0 Å². The number of rotatable bonds is 8. The lowest BCUT2D eigenvalue weighted by Crippen LogP contribution is -2.20. The molecule has 1 aliphatic carbocycles. The van der Waals surface area contributed by atoms with E-state index in [0.717, 1.165) is 11.3 Å². The third-order valence-corrected chi connectivity index (χ3v) is 5.92. The number of aromatic nitrogens is 1. The second kappa shape index (κ2) is 8.99. The van der Waals surface area contributed by atoms with Crippen molar-refractivity contribution in [3.05, 3.63) is 71.4 Å². The van der Waals surface area contributed by atoms with Crippen LogP contribution in [0.4, 0.5) is 11.4 Å². The van der Waals surface area contributed by atoms with Crippen molar-refractivity contribution >= 4 is 38.5 Å². The van der Waals surface area contributed by atoms with Crippen LogP contribution in [0.1, 0.15) is 12.0 Å². The molecule has 0 unspecified atom stereocenters. The molecule has 2 N–H and O–H groups in total. The summed E-state index contributed by atoms with van der Waals surface area (Å²) in [4.78, 5) is 4.50. The average molecular weight is 416 g/mol. The molecule has 2 aromatic rings. The van der Waals surface area contributed by atoms with Gasteiger partial charge in [-0.25, -0.2) is 8.42 Å². The van der Waals surface area contributed by atoms with Crippen LogP contribution in [-0.4, -0.2) is 31.4 Å². The number of ether oxygens (including phenoxy) is 1. The molecular weight excluding hydrogens is 394 g/mol. The van der Waals surface area contributed by atoms with E-state index < -0.39 is 10.0 Å². The molecule has 1 aromatic carbocycles. The fraction of sp³-hybridized carbons (Fsp3) is 0.200. The first-order valence-corrected chi connectivity index (χ1v) is 10.6. The van der Waals surface area contributed by atoms with Crippen LogP contribution in [0.25, 0.3) is 0 Å². The molecule has 0 saturated heterocycles. The molecule has 1 aliphatic rings. The van der Waals surface area contributed by atoms with Crippen LogP contribution in [-0.2, 0) is 10.0 Å². The van der Waals surface area contributed by atoms with Crippen molar-refractivity contribution < 1.29 is 13.2 Å². The Morgan fingerprint density at radius 1 is 1.18 bits per heavy atom. The second-order valence-electron chi connectivity index (χ2n) is 6.24. The molecule has 0 aliphatic heterocycles. The first-order chi connectivity index (χ1) is 13.4. The zero-order valence-corrected chi connectivity index (χ0v) is 17.0. The Morgan fingerprint density at radius 3 is 2.71 bits per heavy atom. The maximum Gasteiger partial charge on any atom is 0.263 e. The Bertz CT molecular complexity index is 1020. The number of anilines is 2. The van der Waals surface area contributed by atoms with Gasteiger partial charge in [0.1, 0.15) is 17.3 Å². The molecule has 3 rings (SSSR count). The van der Waals surface area contributed by atoms with Crippen molar-refractivity contribution in [1.29, 1.82) is 0 Å². The molecule has 0 bridgehead atoms. The maximum atomic E-state index is 12.6. The standard InChI is InChI=1S/C20H21N3O3S2/c1-15-12-17(23-28(24,25)20-5-3-2-4-19(20)27)14-18(13-15)26-11-10-22-16-6-8-21-9-7-16/h2-3,5-9,12-14,23H,4,10-11H2,1H3,(H,21,22). The van der Waals surface area contributed by atoms with Gasteiger partial charge in [0, 0.05) is 42.0 Å². The van der Waals surface area contributed by atoms with Gasteiger partial charge in [0.15, 0.2) is 0 Å². The molecular formula is C20H21N3O3S2. The van der Waals surface area contributed by atoms with Crippen LogP contribution in [0, 0.1) is 6.92 Å². The summed E-state index contributed by atoms with van der Waals surface area (Å²) in [5.41, 5.74) is 2.29. The minimum Gasteiger partial charge on any atom is -0.492 e. The van der Waals surface area contributed by atoms with Gasteiger partial charge in [0.25, 0.3) is 10.0 Å². The Labute approximate surface area is 170 Å². The normalized spacial score (nSPS) is 13.8. The highest BCUT2D eigenvalue weighted by atomic mass is 32.2. The molecule has 0 fully saturated rings. The third-order valence-electron chi connectivity index (χ3n) is 3.93. The van der Waals surface area contributed by atoms with Gasteiger partial charge in [0.05, 0.1) is 5.69 Å². The first kappa shape index (κ1) is 20.0. The summed E-state index contributed by atoms with van der Waals surface area (Å²) in [5, 5.41) is 3.23. The predicted octanol–water partition coefficient (Wildman–Crippen LogP) is 3.84. The largest absolute Gasteiger partial charge is 0.492 e. The van der Waals surface area contributed by atoms with Gasteiger partial charge < -0.3 is 10.1 Å². The summed E-state index contributed by atoms with van der Waals surface area (Å²) < 4.78 is 33.7. The van der Waals surface area contributed by atoms with E-state index in [9.17, 15) is 8.42 Å². The predicted molar refractivity (Wildman–Crippen MR) is 116 cm³/mol. The van der Waals surface area contributed by atoms with E-state index in [1.54, 1.807) is 30.6 Å². The van der Waals surface area contributed by atoms with Gasteiger partial charge in [-0.2, -0.15) is 0 Å². The van der Waals surface area contributed by atoms with Gasteiger partial charge >= 0.3 is 0 Å². The molecule has 6 nitrogen and oxygen atoms in total. The Hall–Kier alpha value is -2.71. The fourth-order valence-corrected chi connectivity index (χ4v) is 4.37. The van der Waals surface area contributed by atoms with Crippen LogP contribution < -0.4 is 14.8 Å². The molecule has 1 aromatic heterocycles. The third kappa shape index (κ3) is 5.40. The summed E-state index contributed by atoms with van der Waals surface area (Å²) >= 11 is 5.18.